The monoisotopic (exact) mass is 262 g/mol. The number of hydrogen-bond acceptors (Lipinski definition) is 3. The Kier molecular flexibility index (Phi) is 5.25. The molecule has 18 heavy (non-hydrogen) atoms. The highest BCUT2D eigenvalue weighted by atomic mass is 32.1. The van der Waals surface area contributed by atoms with Gasteiger partial charge < -0.3 is 5.73 Å². The van der Waals surface area contributed by atoms with Crippen LogP contribution in [0.3, 0.4) is 0 Å². The summed E-state index contributed by atoms with van der Waals surface area (Å²) < 4.78 is 0. The lowest BCUT2D eigenvalue weighted by atomic mass is 9.94. The van der Waals surface area contributed by atoms with Crippen LogP contribution in [0.2, 0.25) is 0 Å². The molecule has 0 spiro atoms. The molecule has 1 fully saturated rings. The fraction of sp³-hybridized carbons (Fsp3) is 0.600. The van der Waals surface area contributed by atoms with Gasteiger partial charge in [0.25, 0.3) is 0 Å². The van der Waals surface area contributed by atoms with Gasteiger partial charge in [0.1, 0.15) is 0 Å². The van der Waals surface area contributed by atoms with Gasteiger partial charge in [-0.2, -0.15) is 0 Å². The van der Waals surface area contributed by atoms with Crippen LogP contribution in [0.15, 0.2) is 11.4 Å². The molecule has 2 N–H and O–H groups in total. The maximum Gasteiger partial charge on any atom is 0.0555 e. The number of nitrogens with two attached hydrogens (primary N) is 1. The first kappa shape index (κ1) is 13.6. The van der Waals surface area contributed by atoms with Crippen LogP contribution in [0.1, 0.15) is 42.5 Å². The maximum absolute atomic E-state index is 5.43. The summed E-state index contributed by atoms with van der Waals surface area (Å²) in [6.07, 6.45) is 6.90. The van der Waals surface area contributed by atoms with Crippen molar-refractivity contribution in [3.8, 4) is 11.8 Å². The quantitative estimate of drug-likeness (QED) is 0.849. The third-order valence-electron chi connectivity index (χ3n) is 3.66. The van der Waals surface area contributed by atoms with E-state index in [9.17, 15) is 0 Å². The van der Waals surface area contributed by atoms with Crippen LogP contribution in [0.4, 0.5) is 0 Å². The fourth-order valence-electron chi connectivity index (χ4n) is 2.60. The molecule has 0 aromatic carbocycles. The van der Waals surface area contributed by atoms with Gasteiger partial charge >= 0.3 is 0 Å². The maximum atomic E-state index is 5.43. The second-order valence-corrected chi connectivity index (χ2v) is 5.97. The van der Waals surface area contributed by atoms with Crippen molar-refractivity contribution in [2.75, 3.05) is 13.6 Å². The lowest BCUT2D eigenvalue weighted by Gasteiger charge is -2.30. The van der Waals surface area contributed by atoms with Crippen molar-refractivity contribution in [2.24, 2.45) is 5.73 Å². The lowest BCUT2D eigenvalue weighted by Crippen LogP contribution is -2.32. The van der Waals surface area contributed by atoms with E-state index in [1.165, 1.54) is 37.0 Å². The normalized spacial score (nSPS) is 16.6. The van der Waals surface area contributed by atoms with Crippen molar-refractivity contribution in [2.45, 2.75) is 44.7 Å². The Morgan fingerprint density at radius 3 is 2.89 bits per heavy atom. The van der Waals surface area contributed by atoms with Crippen molar-refractivity contribution in [3.05, 3.63) is 21.9 Å². The van der Waals surface area contributed by atoms with Crippen LogP contribution in [-0.4, -0.2) is 24.5 Å². The number of nitrogens with zero attached hydrogens (tertiary/aromatic N) is 1. The van der Waals surface area contributed by atoms with Gasteiger partial charge in [-0.25, -0.2) is 0 Å². The molecule has 2 rings (SSSR count). The molecule has 1 aromatic heterocycles. The van der Waals surface area contributed by atoms with Crippen LogP contribution in [0.5, 0.6) is 0 Å². The Labute approximate surface area is 114 Å². The van der Waals surface area contributed by atoms with E-state index < -0.39 is 0 Å². The highest BCUT2D eigenvalue weighted by Gasteiger charge is 2.18. The smallest absolute Gasteiger partial charge is 0.0555 e. The molecule has 0 aliphatic heterocycles. The molecule has 0 bridgehead atoms. The van der Waals surface area contributed by atoms with Gasteiger partial charge in [-0.3, -0.25) is 4.90 Å². The Morgan fingerprint density at radius 1 is 1.39 bits per heavy atom. The highest BCUT2D eigenvalue weighted by molar-refractivity contribution is 7.10. The van der Waals surface area contributed by atoms with E-state index in [0.717, 1.165) is 18.2 Å². The second-order valence-electron chi connectivity index (χ2n) is 4.97. The van der Waals surface area contributed by atoms with E-state index in [4.69, 9.17) is 5.73 Å². The standard InChI is InChI=1S/C15H22N2S/c1-17(14-7-3-2-4-8-14)12-15-13(6-5-10-16)9-11-18-15/h9,11,14H,2-4,7-8,10,12,16H2,1H3. The zero-order valence-electron chi connectivity index (χ0n) is 11.1. The van der Waals surface area contributed by atoms with Crippen molar-refractivity contribution < 1.29 is 0 Å². The number of thiophene rings is 1. The molecule has 0 unspecified atom stereocenters. The summed E-state index contributed by atoms with van der Waals surface area (Å²) >= 11 is 1.81. The molecule has 0 radical (unpaired) electrons. The predicted octanol–water partition coefficient (Wildman–Crippen LogP) is 2.82. The van der Waals surface area contributed by atoms with Gasteiger partial charge in [-0.15, -0.1) is 11.3 Å². The van der Waals surface area contributed by atoms with E-state index in [1.54, 1.807) is 0 Å². The molecule has 2 nitrogen and oxygen atoms in total. The molecule has 98 valence electrons. The van der Waals surface area contributed by atoms with Crippen molar-refractivity contribution >= 4 is 11.3 Å². The lowest BCUT2D eigenvalue weighted by molar-refractivity contribution is 0.186. The number of hydrogen-bond donors (Lipinski definition) is 1. The van der Waals surface area contributed by atoms with Crippen LogP contribution < -0.4 is 5.73 Å². The summed E-state index contributed by atoms with van der Waals surface area (Å²) in [4.78, 5) is 3.88. The zero-order valence-corrected chi connectivity index (χ0v) is 11.9. The average molecular weight is 262 g/mol. The zero-order chi connectivity index (χ0) is 12.8. The molecule has 1 aliphatic rings. The highest BCUT2D eigenvalue weighted by Crippen LogP contribution is 2.25. The van der Waals surface area contributed by atoms with E-state index in [0.29, 0.717) is 6.54 Å². The van der Waals surface area contributed by atoms with Gasteiger partial charge in [0.05, 0.1) is 6.54 Å². The molecule has 1 saturated carbocycles. The summed E-state index contributed by atoms with van der Waals surface area (Å²) in [6.45, 7) is 1.46. The minimum absolute atomic E-state index is 0.438. The molecule has 0 amide bonds. The third-order valence-corrected chi connectivity index (χ3v) is 4.57. The minimum Gasteiger partial charge on any atom is -0.320 e. The molecule has 0 atom stereocenters. The van der Waals surface area contributed by atoms with Gasteiger partial charge in [0, 0.05) is 23.0 Å². The van der Waals surface area contributed by atoms with Crippen molar-refractivity contribution in [1.82, 2.24) is 4.90 Å². The summed E-state index contributed by atoms with van der Waals surface area (Å²) in [7, 11) is 2.25. The van der Waals surface area contributed by atoms with Gasteiger partial charge in [-0.1, -0.05) is 31.1 Å². The van der Waals surface area contributed by atoms with E-state index in [-0.39, 0.29) is 0 Å². The van der Waals surface area contributed by atoms with Gasteiger partial charge in [-0.05, 0) is 31.3 Å². The van der Waals surface area contributed by atoms with Crippen LogP contribution in [-0.2, 0) is 6.54 Å². The minimum atomic E-state index is 0.438. The summed E-state index contributed by atoms with van der Waals surface area (Å²) in [5.74, 6) is 6.12. The number of rotatable bonds is 3. The topological polar surface area (TPSA) is 29.3 Å². The summed E-state index contributed by atoms with van der Waals surface area (Å²) in [5.41, 5.74) is 6.59. The first-order chi connectivity index (χ1) is 8.81. The van der Waals surface area contributed by atoms with E-state index in [2.05, 4.69) is 35.2 Å². The Hall–Kier alpha value is -0.820. The first-order valence-corrected chi connectivity index (χ1v) is 7.64. The molecular weight excluding hydrogens is 240 g/mol. The Bertz CT molecular complexity index is 421. The van der Waals surface area contributed by atoms with Gasteiger partial charge in [0.2, 0.25) is 0 Å². The van der Waals surface area contributed by atoms with E-state index in [1.807, 2.05) is 11.3 Å². The van der Waals surface area contributed by atoms with Crippen LogP contribution in [0.25, 0.3) is 0 Å². The molecule has 1 heterocycles. The fourth-order valence-corrected chi connectivity index (χ4v) is 3.49. The molecular formula is C15H22N2S. The van der Waals surface area contributed by atoms with Crippen molar-refractivity contribution in [1.29, 1.82) is 0 Å². The van der Waals surface area contributed by atoms with Crippen molar-refractivity contribution in [3.63, 3.8) is 0 Å². The predicted molar refractivity (Wildman–Crippen MR) is 78.6 cm³/mol. The third kappa shape index (κ3) is 3.58. The molecule has 0 saturated heterocycles. The Morgan fingerprint density at radius 2 is 2.17 bits per heavy atom. The van der Waals surface area contributed by atoms with Crippen LogP contribution >= 0.6 is 11.3 Å². The first-order valence-electron chi connectivity index (χ1n) is 6.77. The largest absolute Gasteiger partial charge is 0.320 e. The SMILES string of the molecule is CN(Cc1sccc1C#CCN)C1CCCCC1. The van der Waals surface area contributed by atoms with Gasteiger partial charge in [0.15, 0.2) is 0 Å². The Balaban J connectivity index is 1.97. The molecule has 3 heteroatoms. The van der Waals surface area contributed by atoms with Crippen LogP contribution in [0, 0.1) is 11.8 Å². The summed E-state index contributed by atoms with van der Waals surface area (Å²) in [5, 5.41) is 2.13. The molecule has 1 aliphatic carbocycles. The second kappa shape index (κ2) is 6.94. The average Bonchev–Trinajstić information content (AvgIpc) is 2.84. The van der Waals surface area contributed by atoms with E-state index >= 15 is 0 Å². The summed E-state index contributed by atoms with van der Waals surface area (Å²) in [6, 6.07) is 2.87. The molecule has 1 aromatic rings.